The minimum atomic E-state index is 0.102. The van der Waals surface area contributed by atoms with E-state index in [0.29, 0.717) is 18.0 Å². The van der Waals surface area contributed by atoms with Gasteiger partial charge in [0.15, 0.2) is 0 Å². The summed E-state index contributed by atoms with van der Waals surface area (Å²) in [4.78, 5) is 4.36. The summed E-state index contributed by atoms with van der Waals surface area (Å²) in [5, 5.41) is 3.34. The normalized spacial score (nSPS) is 10.6. The smallest absolute Gasteiger partial charge is 0.144 e. The van der Waals surface area contributed by atoms with Gasteiger partial charge in [0.1, 0.15) is 5.75 Å². The van der Waals surface area contributed by atoms with Gasteiger partial charge in [0.25, 0.3) is 0 Å². The van der Waals surface area contributed by atoms with Gasteiger partial charge in [-0.25, -0.2) is 0 Å². The summed E-state index contributed by atoms with van der Waals surface area (Å²) in [6.07, 6.45) is 1.91. The maximum atomic E-state index is 5.90. The Morgan fingerprint density at radius 2 is 2.10 bits per heavy atom. The van der Waals surface area contributed by atoms with E-state index >= 15 is 0 Å². The number of rotatable bonds is 5. The number of aromatic nitrogens is 1. The summed E-state index contributed by atoms with van der Waals surface area (Å²) in [6, 6.07) is 9.72. The van der Waals surface area contributed by atoms with Crippen LogP contribution in [0.25, 0.3) is 0 Å². The number of nitrogens with two attached hydrogens (primary N) is 1. The molecule has 0 atom stereocenters. The van der Waals surface area contributed by atoms with E-state index < -0.39 is 0 Å². The van der Waals surface area contributed by atoms with Crippen LogP contribution in [0.4, 0.5) is 11.4 Å². The van der Waals surface area contributed by atoms with Gasteiger partial charge in [-0.1, -0.05) is 6.07 Å². The highest BCUT2D eigenvalue weighted by Crippen LogP contribution is 2.26. The van der Waals surface area contributed by atoms with Gasteiger partial charge in [-0.3, -0.25) is 4.98 Å². The lowest BCUT2D eigenvalue weighted by Gasteiger charge is -2.14. The molecular weight excluding hydrogens is 250 g/mol. The lowest BCUT2D eigenvalue weighted by Crippen LogP contribution is -2.08. The van der Waals surface area contributed by atoms with Gasteiger partial charge in [-0.2, -0.15) is 0 Å². The fourth-order valence-electron chi connectivity index (χ4n) is 1.89. The number of nitrogens with one attached hydrogen (secondary N) is 1. The third-order valence-electron chi connectivity index (χ3n) is 2.95. The molecule has 1 aromatic heterocycles. The molecule has 106 valence electrons. The quantitative estimate of drug-likeness (QED) is 0.818. The summed E-state index contributed by atoms with van der Waals surface area (Å²) in [5.41, 5.74) is 9.74. The van der Waals surface area contributed by atoms with Crippen molar-refractivity contribution in [2.24, 2.45) is 0 Å². The van der Waals surface area contributed by atoms with Gasteiger partial charge in [-0.15, -0.1) is 0 Å². The SMILES string of the molecule is Cc1cccnc1CNc1ccc(N)c(OC(C)C)c1. The number of aryl methyl sites for hydroxylation is 1. The van der Waals surface area contributed by atoms with E-state index in [1.807, 2.05) is 38.1 Å². The second-order valence-electron chi connectivity index (χ2n) is 5.04. The monoisotopic (exact) mass is 271 g/mol. The third-order valence-corrected chi connectivity index (χ3v) is 2.95. The number of nitrogen functional groups attached to an aromatic ring is 1. The second-order valence-corrected chi connectivity index (χ2v) is 5.04. The fraction of sp³-hybridized carbons (Fsp3) is 0.312. The van der Waals surface area contributed by atoms with Gasteiger partial charge < -0.3 is 15.8 Å². The molecule has 0 amide bonds. The maximum absolute atomic E-state index is 5.90. The molecule has 4 nitrogen and oxygen atoms in total. The van der Waals surface area contributed by atoms with E-state index in [-0.39, 0.29) is 6.10 Å². The van der Waals surface area contributed by atoms with Crippen molar-refractivity contribution in [3.63, 3.8) is 0 Å². The van der Waals surface area contributed by atoms with Crippen LogP contribution >= 0.6 is 0 Å². The Labute approximate surface area is 120 Å². The molecule has 0 saturated carbocycles. The highest BCUT2D eigenvalue weighted by atomic mass is 16.5. The Balaban J connectivity index is 2.08. The number of benzene rings is 1. The number of pyridine rings is 1. The third kappa shape index (κ3) is 3.63. The molecule has 0 bridgehead atoms. The molecule has 3 N–H and O–H groups in total. The summed E-state index contributed by atoms with van der Waals surface area (Å²) in [5.74, 6) is 0.711. The van der Waals surface area contributed by atoms with Crippen LogP contribution in [0.1, 0.15) is 25.1 Å². The predicted molar refractivity (Wildman–Crippen MR) is 82.9 cm³/mol. The van der Waals surface area contributed by atoms with Crippen LogP contribution in [0.3, 0.4) is 0 Å². The lowest BCUT2D eigenvalue weighted by atomic mass is 10.2. The van der Waals surface area contributed by atoms with Crippen molar-refractivity contribution in [1.82, 2.24) is 4.98 Å². The average Bonchev–Trinajstić information content (AvgIpc) is 2.40. The molecule has 0 spiro atoms. The summed E-state index contributed by atoms with van der Waals surface area (Å²) < 4.78 is 5.68. The van der Waals surface area contributed by atoms with Crippen molar-refractivity contribution in [1.29, 1.82) is 0 Å². The minimum Gasteiger partial charge on any atom is -0.489 e. The van der Waals surface area contributed by atoms with E-state index in [2.05, 4.69) is 23.3 Å². The van der Waals surface area contributed by atoms with Crippen LogP contribution in [0.2, 0.25) is 0 Å². The number of hydrogen-bond donors (Lipinski definition) is 2. The molecule has 0 aliphatic rings. The second kappa shape index (κ2) is 6.28. The molecule has 0 radical (unpaired) electrons. The molecule has 0 aliphatic carbocycles. The number of anilines is 2. The van der Waals surface area contributed by atoms with Crippen molar-refractivity contribution in [2.75, 3.05) is 11.1 Å². The molecule has 20 heavy (non-hydrogen) atoms. The predicted octanol–water partition coefficient (Wildman–Crippen LogP) is 3.37. The molecule has 2 aromatic rings. The standard InChI is InChI=1S/C16H21N3O/c1-11(2)20-16-9-13(6-7-14(16)17)19-10-15-12(3)5-4-8-18-15/h4-9,11,19H,10,17H2,1-3H3. The highest BCUT2D eigenvalue weighted by Gasteiger charge is 2.05. The first-order valence-electron chi connectivity index (χ1n) is 6.77. The molecule has 0 fully saturated rings. The molecule has 1 aromatic carbocycles. The first-order valence-corrected chi connectivity index (χ1v) is 6.77. The number of nitrogens with zero attached hydrogens (tertiary/aromatic N) is 1. The van der Waals surface area contributed by atoms with E-state index in [1.54, 1.807) is 6.20 Å². The highest BCUT2D eigenvalue weighted by molar-refractivity contribution is 5.61. The van der Waals surface area contributed by atoms with E-state index in [1.165, 1.54) is 5.56 Å². The van der Waals surface area contributed by atoms with Gasteiger partial charge in [0, 0.05) is 18.0 Å². The minimum absolute atomic E-state index is 0.102. The first kappa shape index (κ1) is 14.2. The van der Waals surface area contributed by atoms with Gasteiger partial charge in [0.05, 0.1) is 24.0 Å². The van der Waals surface area contributed by atoms with Gasteiger partial charge in [-0.05, 0) is 44.5 Å². The van der Waals surface area contributed by atoms with E-state index in [0.717, 1.165) is 11.4 Å². The van der Waals surface area contributed by atoms with Crippen LogP contribution in [-0.4, -0.2) is 11.1 Å². The number of hydrogen-bond acceptors (Lipinski definition) is 4. The Morgan fingerprint density at radius 3 is 2.80 bits per heavy atom. The average molecular weight is 271 g/mol. The largest absolute Gasteiger partial charge is 0.489 e. The van der Waals surface area contributed by atoms with E-state index in [4.69, 9.17) is 10.5 Å². The zero-order valence-corrected chi connectivity index (χ0v) is 12.2. The Morgan fingerprint density at radius 1 is 1.30 bits per heavy atom. The van der Waals surface area contributed by atoms with Crippen molar-refractivity contribution >= 4 is 11.4 Å². The van der Waals surface area contributed by atoms with Gasteiger partial charge in [0.2, 0.25) is 0 Å². The zero-order valence-electron chi connectivity index (χ0n) is 12.2. The first-order chi connectivity index (χ1) is 9.56. The fourth-order valence-corrected chi connectivity index (χ4v) is 1.89. The Hall–Kier alpha value is -2.23. The molecule has 0 saturated heterocycles. The molecule has 1 heterocycles. The molecular formula is C16H21N3O. The van der Waals surface area contributed by atoms with Crippen molar-refractivity contribution in [2.45, 2.75) is 33.4 Å². The van der Waals surface area contributed by atoms with Crippen LogP contribution in [0.15, 0.2) is 36.5 Å². The topological polar surface area (TPSA) is 60.2 Å². The van der Waals surface area contributed by atoms with Crippen LogP contribution in [0.5, 0.6) is 5.75 Å². The maximum Gasteiger partial charge on any atom is 0.144 e. The van der Waals surface area contributed by atoms with Crippen molar-refractivity contribution in [3.8, 4) is 5.75 Å². The van der Waals surface area contributed by atoms with Gasteiger partial charge >= 0.3 is 0 Å². The molecule has 4 heteroatoms. The Kier molecular flexibility index (Phi) is 4.45. The number of ether oxygens (including phenoxy) is 1. The molecule has 2 rings (SSSR count). The lowest BCUT2D eigenvalue weighted by molar-refractivity contribution is 0.244. The van der Waals surface area contributed by atoms with Crippen LogP contribution in [-0.2, 0) is 6.54 Å². The van der Waals surface area contributed by atoms with E-state index in [9.17, 15) is 0 Å². The summed E-state index contributed by atoms with van der Waals surface area (Å²) in [6.45, 7) is 6.70. The van der Waals surface area contributed by atoms with Crippen molar-refractivity contribution < 1.29 is 4.74 Å². The summed E-state index contributed by atoms with van der Waals surface area (Å²) in [7, 11) is 0. The summed E-state index contributed by atoms with van der Waals surface area (Å²) >= 11 is 0. The Bertz CT molecular complexity index is 582. The van der Waals surface area contributed by atoms with Crippen LogP contribution < -0.4 is 15.8 Å². The van der Waals surface area contributed by atoms with Crippen LogP contribution in [0, 0.1) is 6.92 Å². The molecule has 0 aliphatic heterocycles. The zero-order chi connectivity index (χ0) is 14.5. The molecule has 0 unspecified atom stereocenters. The van der Waals surface area contributed by atoms with Crippen molar-refractivity contribution in [3.05, 3.63) is 47.8 Å².